The second-order valence-electron chi connectivity index (χ2n) is 8.69. The summed E-state index contributed by atoms with van der Waals surface area (Å²) in [5, 5.41) is 23.1. The fourth-order valence-corrected chi connectivity index (χ4v) is 4.91. The molecule has 2 atom stereocenters. The number of nitrogens with zero attached hydrogens (tertiary/aromatic N) is 1. The van der Waals surface area contributed by atoms with Crippen LogP contribution in [0.15, 0.2) is 77.6 Å². The van der Waals surface area contributed by atoms with Gasteiger partial charge in [-0.05, 0) is 83.1 Å². The molecule has 0 spiro atoms. The molecule has 0 aliphatic carbocycles. The molecular formula is C28H28IN3O5. The first-order valence-electron chi connectivity index (χ1n) is 11.8. The monoisotopic (exact) mass is 613 g/mol. The minimum atomic E-state index is -1.04. The smallest absolute Gasteiger partial charge is 0.329 e. The number of ether oxygens (including phenoxy) is 1. The molecule has 192 valence electrons. The second kappa shape index (κ2) is 11.7. The van der Waals surface area contributed by atoms with Crippen LogP contribution in [0.4, 0.5) is 5.69 Å². The quantitative estimate of drug-likeness (QED) is 0.202. The molecule has 0 unspecified atom stereocenters. The molecule has 0 saturated heterocycles. The van der Waals surface area contributed by atoms with E-state index in [-0.39, 0.29) is 24.8 Å². The van der Waals surface area contributed by atoms with Crippen LogP contribution < -0.4 is 15.7 Å². The highest BCUT2D eigenvalue weighted by Crippen LogP contribution is 2.36. The summed E-state index contributed by atoms with van der Waals surface area (Å²) in [6, 6.07) is 20.8. The van der Waals surface area contributed by atoms with Gasteiger partial charge in [0.25, 0.3) is 0 Å². The lowest BCUT2D eigenvalue weighted by atomic mass is 9.92. The van der Waals surface area contributed by atoms with Crippen molar-refractivity contribution in [3.05, 3.63) is 98.0 Å². The number of aromatic nitrogens is 2. The number of aromatic amines is 1. The van der Waals surface area contributed by atoms with E-state index in [9.17, 15) is 14.7 Å². The van der Waals surface area contributed by atoms with Gasteiger partial charge >= 0.3 is 5.69 Å². The number of anilines is 1. The number of aliphatic hydroxyl groups is 1. The molecule has 0 radical (unpaired) electrons. The van der Waals surface area contributed by atoms with Crippen molar-refractivity contribution in [3.8, 4) is 22.9 Å². The van der Waals surface area contributed by atoms with E-state index >= 15 is 0 Å². The Hall–Kier alpha value is -3.57. The predicted molar refractivity (Wildman–Crippen MR) is 151 cm³/mol. The second-order valence-corrected chi connectivity index (χ2v) is 9.93. The number of carbonyl (C=O) groups excluding carboxylic acids is 1. The third-order valence-electron chi connectivity index (χ3n) is 6.20. The van der Waals surface area contributed by atoms with Crippen molar-refractivity contribution in [1.29, 1.82) is 0 Å². The SMILES string of the molecule is Cc1cc(I)ccc1NC(=O)[C@H]([C@@H](C)c1ccccc1)n1c(O)c(-c2ccc(OCCO)cc2)[nH]c1=O. The summed E-state index contributed by atoms with van der Waals surface area (Å²) in [5.41, 5.74) is 2.52. The van der Waals surface area contributed by atoms with Crippen LogP contribution in [0.5, 0.6) is 11.6 Å². The molecule has 0 aliphatic heterocycles. The van der Waals surface area contributed by atoms with Gasteiger partial charge in [-0.15, -0.1) is 0 Å². The Morgan fingerprint density at radius 2 is 1.81 bits per heavy atom. The Labute approximate surface area is 228 Å². The number of aryl methyl sites for hydroxylation is 1. The number of halogens is 1. The van der Waals surface area contributed by atoms with E-state index in [4.69, 9.17) is 9.84 Å². The number of hydrogen-bond donors (Lipinski definition) is 4. The van der Waals surface area contributed by atoms with E-state index in [1.165, 1.54) is 0 Å². The first-order valence-corrected chi connectivity index (χ1v) is 12.9. The number of H-pyrrole nitrogens is 1. The van der Waals surface area contributed by atoms with Gasteiger partial charge in [0.2, 0.25) is 11.8 Å². The fourth-order valence-electron chi connectivity index (χ4n) is 4.26. The van der Waals surface area contributed by atoms with Crippen molar-refractivity contribution in [2.45, 2.75) is 25.8 Å². The van der Waals surface area contributed by atoms with Crippen molar-refractivity contribution in [2.24, 2.45) is 0 Å². The number of aromatic hydroxyl groups is 1. The molecule has 37 heavy (non-hydrogen) atoms. The summed E-state index contributed by atoms with van der Waals surface area (Å²) in [6.45, 7) is 3.81. The van der Waals surface area contributed by atoms with Crippen LogP contribution in [0.1, 0.15) is 30.0 Å². The highest BCUT2D eigenvalue weighted by Gasteiger charge is 2.33. The van der Waals surface area contributed by atoms with Crippen molar-refractivity contribution in [2.75, 3.05) is 18.5 Å². The molecule has 9 heteroatoms. The first kappa shape index (κ1) is 26.5. The molecule has 4 aromatic rings. The maximum atomic E-state index is 13.7. The minimum Gasteiger partial charge on any atom is -0.493 e. The van der Waals surface area contributed by atoms with Gasteiger partial charge < -0.3 is 25.3 Å². The molecule has 0 saturated carbocycles. The largest absolute Gasteiger partial charge is 0.493 e. The van der Waals surface area contributed by atoms with Gasteiger partial charge in [0.1, 0.15) is 24.1 Å². The number of nitrogens with one attached hydrogen (secondary N) is 2. The molecule has 4 rings (SSSR count). The number of aliphatic hydroxyl groups excluding tert-OH is 1. The van der Waals surface area contributed by atoms with Crippen molar-refractivity contribution in [1.82, 2.24) is 9.55 Å². The van der Waals surface area contributed by atoms with Gasteiger partial charge in [0.15, 0.2) is 0 Å². The summed E-state index contributed by atoms with van der Waals surface area (Å²) in [5.74, 6) is -0.651. The Kier molecular flexibility index (Phi) is 8.34. The van der Waals surface area contributed by atoms with Gasteiger partial charge in [-0.1, -0.05) is 37.3 Å². The van der Waals surface area contributed by atoms with Crippen LogP contribution in [0, 0.1) is 10.5 Å². The summed E-state index contributed by atoms with van der Waals surface area (Å²) in [4.78, 5) is 29.6. The van der Waals surface area contributed by atoms with E-state index in [1.54, 1.807) is 24.3 Å². The molecule has 0 bridgehead atoms. The number of benzene rings is 3. The summed E-state index contributed by atoms with van der Waals surface area (Å²) in [6.07, 6.45) is 0. The van der Waals surface area contributed by atoms with Crippen molar-refractivity contribution >= 4 is 34.2 Å². The number of hydrogen-bond acceptors (Lipinski definition) is 5. The van der Waals surface area contributed by atoms with Crippen LogP contribution in [0.3, 0.4) is 0 Å². The van der Waals surface area contributed by atoms with Crippen LogP contribution in [0.2, 0.25) is 0 Å². The Balaban J connectivity index is 1.75. The van der Waals surface area contributed by atoms with Crippen molar-refractivity contribution in [3.63, 3.8) is 0 Å². The number of rotatable bonds is 9. The van der Waals surface area contributed by atoms with Crippen LogP contribution in [-0.2, 0) is 4.79 Å². The molecule has 1 amide bonds. The third kappa shape index (κ3) is 5.89. The maximum Gasteiger partial charge on any atom is 0.329 e. The average molecular weight is 613 g/mol. The molecular weight excluding hydrogens is 585 g/mol. The molecule has 1 aromatic heterocycles. The van der Waals surface area contributed by atoms with Crippen LogP contribution in [-0.4, -0.2) is 38.9 Å². The zero-order valence-electron chi connectivity index (χ0n) is 20.4. The zero-order chi connectivity index (χ0) is 26.5. The summed E-state index contributed by atoms with van der Waals surface area (Å²) < 4.78 is 7.54. The Bertz CT molecular complexity index is 1430. The minimum absolute atomic E-state index is 0.108. The summed E-state index contributed by atoms with van der Waals surface area (Å²) >= 11 is 2.21. The van der Waals surface area contributed by atoms with Gasteiger partial charge in [-0.2, -0.15) is 0 Å². The van der Waals surface area contributed by atoms with Gasteiger partial charge in [0, 0.05) is 20.7 Å². The number of carbonyl (C=O) groups is 1. The first-order chi connectivity index (χ1) is 17.8. The van der Waals surface area contributed by atoms with Gasteiger partial charge in [-0.25, -0.2) is 9.36 Å². The molecule has 0 aliphatic rings. The predicted octanol–water partition coefficient (Wildman–Crippen LogP) is 4.82. The third-order valence-corrected chi connectivity index (χ3v) is 6.87. The Morgan fingerprint density at radius 1 is 1.11 bits per heavy atom. The highest BCUT2D eigenvalue weighted by atomic mass is 127. The molecule has 4 N–H and O–H groups in total. The van der Waals surface area contributed by atoms with E-state index in [2.05, 4.69) is 32.9 Å². The fraction of sp³-hybridized carbons (Fsp3) is 0.214. The topological polar surface area (TPSA) is 117 Å². The molecule has 3 aromatic carbocycles. The lowest BCUT2D eigenvalue weighted by Crippen LogP contribution is -2.35. The summed E-state index contributed by atoms with van der Waals surface area (Å²) in [7, 11) is 0. The molecule has 0 fully saturated rings. The van der Waals surface area contributed by atoms with Gasteiger partial charge in [0.05, 0.1) is 6.61 Å². The highest BCUT2D eigenvalue weighted by molar-refractivity contribution is 14.1. The van der Waals surface area contributed by atoms with E-state index in [1.807, 2.05) is 62.4 Å². The average Bonchev–Trinajstić information content (AvgIpc) is 3.19. The number of imidazole rings is 1. The zero-order valence-corrected chi connectivity index (χ0v) is 22.6. The maximum absolute atomic E-state index is 13.7. The van der Waals surface area contributed by atoms with Crippen molar-refractivity contribution < 1.29 is 19.7 Å². The Morgan fingerprint density at radius 3 is 2.46 bits per heavy atom. The van der Waals surface area contributed by atoms with Gasteiger partial charge in [-0.3, -0.25) is 4.79 Å². The van der Waals surface area contributed by atoms with E-state index in [0.717, 1.165) is 19.3 Å². The number of amides is 1. The lowest BCUT2D eigenvalue weighted by Gasteiger charge is -2.25. The molecule has 8 nitrogen and oxygen atoms in total. The van der Waals surface area contributed by atoms with E-state index in [0.29, 0.717) is 17.0 Å². The standard InChI is InChI=1S/C28H28IN3O5/c1-17-16-21(29)10-13-23(17)30-26(34)25(18(2)19-6-4-3-5-7-19)32-27(35)24(31-28(32)36)20-8-11-22(12-9-20)37-15-14-33/h3-13,16,18,25,33,35H,14-15H2,1-2H3,(H,30,34)(H,31,36)/t18-,25-/m0/s1. The lowest BCUT2D eigenvalue weighted by molar-refractivity contribution is -0.120. The van der Waals surface area contributed by atoms with E-state index < -0.39 is 23.6 Å². The van der Waals surface area contributed by atoms with Crippen LogP contribution in [0.25, 0.3) is 11.3 Å². The van der Waals surface area contributed by atoms with Crippen LogP contribution >= 0.6 is 22.6 Å². The molecule has 1 heterocycles. The normalized spacial score (nSPS) is 12.6.